The summed E-state index contributed by atoms with van der Waals surface area (Å²) < 4.78 is 0. The lowest BCUT2D eigenvalue weighted by Gasteiger charge is -2.50. The van der Waals surface area contributed by atoms with Crippen LogP contribution in [-0.4, -0.2) is 55.6 Å². The second-order valence-electron chi connectivity index (χ2n) is 13.1. The molecule has 4 aliphatic rings. The SMILES string of the molecule is CC(C)[C@@H]1C(=O)C(C(N)=O)=C(O)[C@@]2(O)C(=O)C3=C(O)c4c(O)ccc(C5=CC=C(CNC(C)(C)C)C5)c4C[C@H]3C[C@@H]12. The highest BCUT2D eigenvalue weighted by atomic mass is 16.3. The smallest absolute Gasteiger partial charge is 0.255 e. The second kappa shape index (κ2) is 9.70. The van der Waals surface area contributed by atoms with Crippen LogP contribution < -0.4 is 11.1 Å². The van der Waals surface area contributed by atoms with Crippen molar-refractivity contribution in [2.75, 3.05) is 6.54 Å². The number of fused-ring (bicyclic) bond motifs is 3. The van der Waals surface area contributed by atoms with Crippen LogP contribution in [0.1, 0.15) is 64.2 Å². The van der Waals surface area contributed by atoms with Gasteiger partial charge in [0.1, 0.15) is 22.8 Å². The average Bonchev–Trinajstić information content (AvgIpc) is 3.33. The third-order valence-corrected chi connectivity index (χ3v) is 8.98. The van der Waals surface area contributed by atoms with Gasteiger partial charge in [0.05, 0.1) is 5.56 Å². The lowest BCUT2D eigenvalue weighted by molar-refractivity contribution is -0.155. The van der Waals surface area contributed by atoms with Gasteiger partial charge in [-0.25, -0.2) is 0 Å². The number of hydrogen-bond acceptors (Lipinski definition) is 8. The van der Waals surface area contributed by atoms with E-state index in [-0.39, 0.29) is 41.2 Å². The van der Waals surface area contributed by atoms with Crippen molar-refractivity contribution in [1.82, 2.24) is 5.32 Å². The summed E-state index contributed by atoms with van der Waals surface area (Å²) in [6.45, 7) is 10.5. The van der Waals surface area contributed by atoms with Crippen molar-refractivity contribution in [3.63, 3.8) is 0 Å². The summed E-state index contributed by atoms with van der Waals surface area (Å²) in [6.07, 6.45) is 5.14. The first-order valence-electron chi connectivity index (χ1n) is 14.0. The Hall–Kier alpha value is -3.69. The van der Waals surface area contributed by atoms with Crippen molar-refractivity contribution in [3.05, 3.63) is 63.5 Å². The largest absolute Gasteiger partial charge is 0.508 e. The van der Waals surface area contributed by atoms with Crippen LogP contribution >= 0.6 is 0 Å². The van der Waals surface area contributed by atoms with E-state index < -0.39 is 57.9 Å². The molecule has 41 heavy (non-hydrogen) atoms. The van der Waals surface area contributed by atoms with Crippen LogP contribution in [-0.2, 0) is 20.8 Å². The third-order valence-electron chi connectivity index (χ3n) is 8.98. The Kier molecular flexibility index (Phi) is 6.82. The Balaban J connectivity index is 1.59. The highest BCUT2D eigenvalue weighted by molar-refractivity contribution is 6.23. The van der Waals surface area contributed by atoms with Crippen molar-refractivity contribution in [3.8, 4) is 5.75 Å². The number of benzene rings is 1. The summed E-state index contributed by atoms with van der Waals surface area (Å²) in [5.41, 5.74) is 5.67. The standard InChI is InChI=1S/C32H38N2O7/c1-14(2)22-20-12-17-11-19-18(16-7-6-15(10-16)13-34-31(3,4)5)8-9-21(35)24(19)27(37)23(17)28(38)32(20,41)29(39)25(26(22)36)30(33)40/h6-9,14,17,20,22,34-35,37,39,41H,10-13H2,1-5H3,(H2,33,40)/t17-,20-,22-,32-/m0/s1. The highest BCUT2D eigenvalue weighted by Crippen LogP contribution is 2.55. The van der Waals surface area contributed by atoms with Crippen molar-refractivity contribution >= 4 is 28.8 Å². The molecule has 0 unspecified atom stereocenters. The molecule has 5 rings (SSSR count). The van der Waals surface area contributed by atoms with Crippen LogP contribution in [0.5, 0.6) is 5.75 Å². The molecule has 1 saturated carbocycles. The highest BCUT2D eigenvalue weighted by Gasteiger charge is 2.64. The number of hydrogen-bond donors (Lipinski definition) is 6. The number of Topliss-reactive ketones (excluding diaryl/α,β-unsaturated/α-hetero) is 2. The van der Waals surface area contributed by atoms with Gasteiger partial charge in [0.25, 0.3) is 5.91 Å². The van der Waals surface area contributed by atoms with Gasteiger partial charge in [0.15, 0.2) is 11.4 Å². The maximum absolute atomic E-state index is 14.0. The molecule has 1 aromatic rings. The van der Waals surface area contributed by atoms with Crippen LogP contribution in [0.25, 0.3) is 11.3 Å². The lowest BCUT2D eigenvalue weighted by Crippen LogP contribution is -2.62. The monoisotopic (exact) mass is 562 g/mol. The molecule has 0 radical (unpaired) electrons. The topological polar surface area (TPSA) is 170 Å². The molecule has 0 bridgehead atoms. The number of nitrogens with two attached hydrogens (primary N) is 1. The zero-order chi connectivity index (χ0) is 30.2. The Morgan fingerprint density at radius 3 is 2.44 bits per heavy atom. The molecule has 4 atom stereocenters. The summed E-state index contributed by atoms with van der Waals surface area (Å²) in [6, 6.07) is 3.28. The minimum atomic E-state index is -2.61. The number of carbonyl (C=O) groups is 3. The zero-order valence-electron chi connectivity index (χ0n) is 24.0. The second-order valence-corrected chi connectivity index (χ2v) is 13.1. The summed E-state index contributed by atoms with van der Waals surface area (Å²) in [4.78, 5) is 39.5. The van der Waals surface area contributed by atoms with Gasteiger partial charge in [0, 0.05) is 29.5 Å². The van der Waals surface area contributed by atoms with Crippen LogP contribution in [0.2, 0.25) is 0 Å². The number of primary amides is 1. The molecule has 4 aliphatic carbocycles. The minimum Gasteiger partial charge on any atom is -0.508 e. The van der Waals surface area contributed by atoms with Gasteiger partial charge in [0.2, 0.25) is 5.78 Å². The van der Waals surface area contributed by atoms with Gasteiger partial charge in [-0.15, -0.1) is 0 Å². The molecular formula is C32H38N2O7. The van der Waals surface area contributed by atoms with Crippen LogP contribution in [0.3, 0.4) is 0 Å². The molecule has 0 saturated heterocycles. The van der Waals surface area contributed by atoms with Crippen molar-refractivity contribution in [1.29, 1.82) is 0 Å². The molecular weight excluding hydrogens is 524 g/mol. The van der Waals surface area contributed by atoms with Crippen molar-refractivity contribution < 1.29 is 34.8 Å². The van der Waals surface area contributed by atoms with Crippen LogP contribution in [0.15, 0.2) is 46.8 Å². The molecule has 0 aliphatic heterocycles. The average molecular weight is 563 g/mol. The normalized spacial score (nSPS) is 27.9. The van der Waals surface area contributed by atoms with E-state index in [1.54, 1.807) is 13.8 Å². The van der Waals surface area contributed by atoms with Gasteiger partial charge in [-0.05, 0) is 74.6 Å². The van der Waals surface area contributed by atoms with E-state index in [4.69, 9.17) is 5.73 Å². The molecule has 1 aromatic carbocycles. The number of aromatic hydroxyl groups is 1. The zero-order valence-corrected chi connectivity index (χ0v) is 24.0. The number of allylic oxidation sites excluding steroid dienone is 3. The van der Waals surface area contributed by atoms with E-state index in [1.165, 1.54) is 11.6 Å². The number of amides is 1. The molecule has 218 valence electrons. The fourth-order valence-electron chi connectivity index (χ4n) is 7.05. The quantitative estimate of drug-likeness (QED) is 0.297. The first-order valence-corrected chi connectivity index (χ1v) is 14.0. The van der Waals surface area contributed by atoms with Gasteiger partial charge in [-0.3, -0.25) is 14.4 Å². The third kappa shape index (κ3) is 4.42. The maximum atomic E-state index is 14.0. The van der Waals surface area contributed by atoms with E-state index in [1.807, 2.05) is 12.1 Å². The molecule has 1 amide bonds. The number of aliphatic hydroxyl groups is 3. The number of rotatable bonds is 5. The number of nitrogens with one attached hydrogen (secondary N) is 1. The first-order chi connectivity index (χ1) is 19.1. The number of ketones is 2. The Labute approximate surface area is 239 Å². The summed E-state index contributed by atoms with van der Waals surface area (Å²) in [5, 5.41) is 48.6. The van der Waals surface area contributed by atoms with Crippen molar-refractivity contribution in [2.24, 2.45) is 29.4 Å². The van der Waals surface area contributed by atoms with Gasteiger partial charge >= 0.3 is 0 Å². The summed E-state index contributed by atoms with van der Waals surface area (Å²) in [5.74, 6) is -7.61. The molecule has 7 N–H and O–H groups in total. The predicted octanol–water partition coefficient (Wildman–Crippen LogP) is 3.41. The molecule has 1 fully saturated rings. The van der Waals surface area contributed by atoms with E-state index >= 15 is 0 Å². The molecule has 0 aromatic heterocycles. The van der Waals surface area contributed by atoms with E-state index in [9.17, 15) is 34.8 Å². The number of aliphatic hydroxyl groups excluding tert-OH is 2. The van der Waals surface area contributed by atoms with Crippen LogP contribution in [0.4, 0.5) is 0 Å². The fraction of sp³-hybridized carbons (Fsp3) is 0.469. The Morgan fingerprint density at radius 2 is 1.83 bits per heavy atom. The van der Waals surface area contributed by atoms with E-state index in [0.717, 1.165) is 11.1 Å². The van der Waals surface area contributed by atoms with E-state index in [2.05, 4.69) is 32.2 Å². The Bertz CT molecular complexity index is 1500. The first kappa shape index (κ1) is 28.8. The van der Waals surface area contributed by atoms with Gasteiger partial charge < -0.3 is 31.5 Å². The summed E-state index contributed by atoms with van der Waals surface area (Å²) in [7, 11) is 0. The molecule has 9 heteroatoms. The van der Waals surface area contributed by atoms with Gasteiger partial charge in [-0.2, -0.15) is 0 Å². The number of phenolic OH excluding ortho intramolecular Hbond substituents is 1. The molecule has 0 heterocycles. The predicted molar refractivity (Wildman–Crippen MR) is 154 cm³/mol. The number of phenols is 1. The summed E-state index contributed by atoms with van der Waals surface area (Å²) >= 11 is 0. The number of carbonyl (C=O) groups excluding carboxylic acids is 3. The Morgan fingerprint density at radius 1 is 1.15 bits per heavy atom. The van der Waals surface area contributed by atoms with Crippen molar-refractivity contribution in [2.45, 2.75) is 65.0 Å². The minimum absolute atomic E-state index is 0.0418. The molecule has 0 spiro atoms. The van der Waals surface area contributed by atoms with E-state index in [0.29, 0.717) is 18.5 Å². The molecule has 9 nitrogen and oxygen atoms in total. The maximum Gasteiger partial charge on any atom is 0.255 e. The van der Waals surface area contributed by atoms with Crippen LogP contribution in [0, 0.1) is 23.7 Å². The van der Waals surface area contributed by atoms with Gasteiger partial charge in [-0.1, -0.05) is 37.6 Å². The lowest BCUT2D eigenvalue weighted by atomic mass is 9.54. The fourth-order valence-corrected chi connectivity index (χ4v) is 7.05.